The van der Waals surface area contributed by atoms with E-state index in [9.17, 15) is 13.2 Å². The Balaban J connectivity index is 1.67. The average Bonchev–Trinajstić information content (AvgIpc) is 2.88. The van der Waals surface area contributed by atoms with Crippen molar-refractivity contribution in [2.45, 2.75) is 11.8 Å². The minimum atomic E-state index is -3.80. The first-order valence-electron chi connectivity index (χ1n) is 10.9. The highest BCUT2D eigenvalue weighted by molar-refractivity contribution is 7.92. The maximum absolute atomic E-state index is 12.7. The molecule has 0 fully saturated rings. The van der Waals surface area contributed by atoms with Crippen LogP contribution in [0.25, 0.3) is 6.08 Å². The van der Waals surface area contributed by atoms with Crippen LogP contribution in [0.4, 0.5) is 11.4 Å². The third-order valence-corrected chi connectivity index (χ3v) is 6.40. The highest BCUT2D eigenvalue weighted by atomic mass is 32.2. The zero-order valence-corrected chi connectivity index (χ0v) is 21.2. The summed E-state index contributed by atoms with van der Waals surface area (Å²) in [6.07, 6.45) is 2.91. The lowest BCUT2D eigenvalue weighted by atomic mass is 10.1. The summed E-state index contributed by atoms with van der Waals surface area (Å²) in [4.78, 5) is 12.5. The molecule has 0 radical (unpaired) electrons. The molecule has 190 valence electrons. The normalized spacial score (nSPS) is 11.1. The molecule has 0 aromatic heterocycles. The molecule has 1 amide bonds. The summed E-state index contributed by atoms with van der Waals surface area (Å²) in [6.45, 7) is 2.39. The first-order valence-corrected chi connectivity index (χ1v) is 12.4. The number of hydrogen-bond acceptors (Lipinski definition) is 7. The van der Waals surface area contributed by atoms with Crippen molar-refractivity contribution in [3.8, 4) is 23.0 Å². The van der Waals surface area contributed by atoms with Gasteiger partial charge in [-0.1, -0.05) is 0 Å². The summed E-state index contributed by atoms with van der Waals surface area (Å²) in [5.41, 5.74) is 1.46. The fourth-order valence-electron chi connectivity index (χ4n) is 3.32. The van der Waals surface area contributed by atoms with Crippen molar-refractivity contribution in [1.82, 2.24) is 0 Å². The number of rotatable bonds is 11. The Morgan fingerprint density at radius 1 is 0.833 bits per heavy atom. The molecular weight excluding hydrogens is 484 g/mol. The van der Waals surface area contributed by atoms with E-state index in [4.69, 9.17) is 18.9 Å². The van der Waals surface area contributed by atoms with E-state index in [2.05, 4.69) is 10.0 Å². The van der Waals surface area contributed by atoms with Crippen LogP contribution in [0.2, 0.25) is 0 Å². The van der Waals surface area contributed by atoms with E-state index in [-0.39, 0.29) is 4.90 Å². The molecule has 3 aromatic carbocycles. The molecule has 36 heavy (non-hydrogen) atoms. The molecule has 0 aliphatic rings. The summed E-state index contributed by atoms with van der Waals surface area (Å²) in [5.74, 6) is 1.59. The fourth-order valence-corrected chi connectivity index (χ4v) is 4.38. The van der Waals surface area contributed by atoms with E-state index < -0.39 is 15.9 Å². The second-order valence-corrected chi connectivity index (χ2v) is 9.02. The Morgan fingerprint density at radius 2 is 1.47 bits per heavy atom. The second kappa shape index (κ2) is 12.0. The van der Waals surface area contributed by atoms with Crippen molar-refractivity contribution in [2.24, 2.45) is 0 Å². The SMILES string of the molecule is CCOc1ccc(NS(=O)(=O)c2ccc(NC(=O)C=Cc3ccc(OC)c(OC)c3OC)cc2)cc1. The second-order valence-electron chi connectivity index (χ2n) is 7.33. The smallest absolute Gasteiger partial charge is 0.261 e. The van der Waals surface area contributed by atoms with E-state index in [1.807, 2.05) is 6.92 Å². The molecule has 2 N–H and O–H groups in total. The van der Waals surface area contributed by atoms with Crippen molar-refractivity contribution >= 4 is 33.4 Å². The summed E-state index contributed by atoms with van der Waals surface area (Å²) in [6, 6.07) is 15.9. The van der Waals surface area contributed by atoms with Gasteiger partial charge in [-0.15, -0.1) is 0 Å². The van der Waals surface area contributed by atoms with E-state index in [0.29, 0.717) is 46.5 Å². The Labute approximate surface area is 210 Å². The third-order valence-electron chi connectivity index (χ3n) is 5.00. The van der Waals surface area contributed by atoms with Crippen LogP contribution in [0.15, 0.2) is 71.6 Å². The molecule has 0 aliphatic carbocycles. The van der Waals surface area contributed by atoms with Crippen molar-refractivity contribution in [3.05, 3.63) is 72.3 Å². The van der Waals surface area contributed by atoms with Gasteiger partial charge in [0, 0.05) is 23.0 Å². The van der Waals surface area contributed by atoms with Crippen LogP contribution in [-0.4, -0.2) is 42.3 Å². The van der Waals surface area contributed by atoms with Gasteiger partial charge in [0.15, 0.2) is 11.5 Å². The zero-order valence-electron chi connectivity index (χ0n) is 20.4. The van der Waals surface area contributed by atoms with Gasteiger partial charge in [0.25, 0.3) is 10.0 Å². The Bertz CT molecular complexity index is 1320. The van der Waals surface area contributed by atoms with Crippen molar-refractivity contribution in [1.29, 1.82) is 0 Å². The van der Waals surface area contributed by atoms with Gasteiger partial charge < -0.3 is 24.3 Å². The van der Waals surface area contributed by atoms with Crippen LogP contribution in [0.5, 0.6) is 23.0 Å². The number of benzene rings is 3. The maximum atomic E-state index is 12.7. The summed E-state index contributed by atoms with van der Waals surface area (Å²) in [7, 11) is 0.710. The maximum Gasteiger partial charge on any atom is 0.261 e. The lowest BCUT2D eigenvalue weighted by Crippen LogP contribution is -2.13. The van der Waals surface area contributed by atoms with Gasteiger partial charge in [-0.3, -0.25) is 9.52 Å². The van der Waals surface area contributed by atoms with E-state index in [1.165, 1.54) is 51.7 Å². The van der Waals surface area contributed by atoms with Gasteiger partial charge in [-0.2, -0.15) is 0 Å². The number of ether oxygens (including phenoxy) is 4. The number of carbonyl (C=O) groups is 1. The van der Waals surface area contributed by atoms with Gasteiger partial charge in [0.2, 0.25) is 11.7 Å². The number of sulfonamides is 1. The Morgan fingerprint density at radius 3 is 2.06 bits per heavy atom. The molecule has 0 heterocycles. The summed E-state index contributed by atoms with van der Waals surface area (Å²) in [5, 5.41) is 2.70. The molecule has 0 saturated carbocycles. The van der Waals surface area contributed by atoms with E-state index >= 15 is 0 Å². The highest BCUT2D eigenvalue weighted by Crippen LogP contribution is 2.40. The molecule has 3 rings (SSSR count). The number of amides is 1. The molecular formula is C26H28N2O7S. The molecule has 0 saturated heterocycles. The van der Waals surface area contributed by atoms with Gasteiger partial charge in [0.1, 0.15) is 5.75 Å². The predicted molar refractivity (Wildman–Crippen MR) is 139 cm³/mol. The van der Waals surface area contributed by atoms with Crippen LogP contribution in [0, 0.1) is 0 Å². The summed E-state index contributed by atoms with van der Waals surface area (Å²) < 4.78 is 49.3. The van der Waals surface area contributed by atoms with Gasteiger partial charge in [-0.05, 0) is 73.7 Å². The van der Waals surface area contributed by atoms with E-state index in [1.54, 1.807) is 42.5 Å². The van der Waals surface area contributed by atoms with Crippen molar-refractivity contribution < 1.29 is 32.2 Å². The molecule has 0 unspecified atom stereocenters. The van der Waals surface area contributed by atoms with Gasteiger partial charge in [0.05, 0.1) is 32.8 Å². The van der Waals surface area contributed by atoms with Crippen molar-refractivity contribution in [3.63, 3.8) is 0 Å². The van der Waals surface area contributed by atoms with Crippen LogP contribution in [0.3, 0.4) is 0 Å². The molecule has 0 atom stereocenters. The standard InChI is InChI=1S/C26H28N2O7S/c1-5-35-21-12-8-20(9-13-21)28-36(30,31)22-14-10-19(11-15-22)27-24(29)17-7-18-6-16-23(32-2)26(34-4)25(18)33-3/h6-17,28H,5H2,1-4H3,(H,27,29). The highest BCUT2D eigenvalue weighted by Gasteiger charge is 2.16. The van der Waals surface area contributed by atoms with Crippen molar-refractivity contribution in [2.75, 3.05) is 38.0 Å². The van der Waals surface area contributed by atoms with Crippen LogP contribution in [-0.2, 0) is 14.8 Å². The van der Waals surface area contributed by atoms with E-state index in [0.717, 1.165) is 0 Å². The molecule has 0 aliphatic heterocycles. The average molecular weight is 513 g/mol. The number of carbonyl (C=O) groups excluding carboxylic acids is 1. The predicted octanol–water partition coefficient (Wildman–Crippen LogP) is 4.56. The lowest BCUT2D eigenvalue weighted by Gasteiger charge is -2.14. The van der Waals surface area contributed by atoms with Gasteiger partial charge in [-0.25, -0.2) is 8.42 Å². The number of hydrogen-bond donors (Lipinski definition) is 2. The van der Waals surface area contributed by atoms with Crippen LogP contribution >= 0.6 is 0 Å². The molecule has 0 bridgehead atoms. The van der Waals surface area contributed by atoms with Gasteiger partial charge >= 0.3 is 0 Å². The first kappa shape index (κ1) is 26.4. The number of methoxy groups -OCH3 is 3. The lowest BCUT2D eigenvalue weighted by molar-refractivity contribution is -0.111. The number of anilines is 2. The Kier molecular flexibility index (Phi) is 8.80. The Hall–Kier alpha value is -4.18. The third kappa shape index (κ3) is 6.48. The monoisotopic (exact) mass is 512 g/mol. The van der Waals surface area contributed by atoms with Crippen LogP contribution in [0.1, 0.15) is 12.5 Å². The molecule has 9 nitrogen and oxygen atoms in total. The quantitative estimate of drug-likeness (QED) is 0.362. The molecule has 10 heteroatoms. The molecule has 3 aromatic rings. The zero-order chi connectivity index (χ0) is 26.1. The minimum Gasteiger partial charge on any atom is -0.494 e. The summed E-state index contributed by atoms with van der Waals surface area (Å²) >= 11 is 0. The van der Waals surface area contributed by atoms with Crippen LogP contribution < -0.4 is 29.0 Å². The first-order chi connectivity index (χ1) is 17.3. The molecule has 0 spiro atoms. The largest absolute Gasteiger partial charge is 0.494 e. The minimum absolute atomic E-state index is 0.0555. The topological polar surface area (TPSA) is 112 Å². The number of nitrogens with one attached hydrogen (secondary N) is 2. The fraction of sp³-hybridized carbons (Fsp3) is 0.192.